The largest absolute Gasteiger partial charge is 0.478 e. The van der Waals surface area contributed by atoms with Gasteiger partial charge in [0.25, 0.3) is 0 Å². The Labute approximate surface area is 162 Å². The van der Waals surface area contributed by atoms with Crippen molar-refractivity contribution in [1.82, 2.24) is 0 Å². The van der Waals surface area contributed by atoms with Crippen molar-refractivity contribution in [3.63, 3.8) is 0 Å². The first kappa shape index (κ1) is 20.1. The van der Waals surface area contributed by atoms with E-state index in [-0.39, 0.29) is 5.82 Å². The highest BCUT2D eigenvalue weighted by molar-refractivity contribution is 5.79. The van der Waals surface area contributed by atoms with E-state index in [0.717, 1.165) is 30.6 Å². The summed E-state index contributed by atoms with van der Waals surface area (Å²) in [4.78, 5) is 10.6. The molecule has 0 bridgehead atoms. The Hall–Kier alpha value is -1.64. The highest BCUT2D eigenvalue weighted by Gasteiger charge is 2.30. The minimum atomic E-state index is -0.833. The Morgan fingerprint density at radius 1 is 0.926 bits per heavy atom. The molecule has 0 aliphatic heterocycles. The summed E-state index contributed by atoms with van der Waals surface area (Å²) in [5, 5.41) is 8.69. The van der Waals surface area contributed by atoms with Crippen LogP contribution in [-0.4, -0.2) is 11.1 Å². The number of carboxylic acid groups (broad SMARTS) is 1. The number of carboxylic acids is 1. The van der Waals surface area contributed by atoms with Crippen molar-refractivity contribution in [3.05, 3.63) is 47.8 Å². The molecule has 2 fully saturated rings. The number of aryl methyl sites for hydroxylation is 1. The molecule has 0 saturated heterocycles. The highest BCUT2D eigenvalue weighted by atomic mass is 19.1. The molecule has 27 heavy (non-hydrogen) atoms. The van der Waals surface area contributed by atoms with E-state index in [2.05, 4.69) is 0 Å². The van der Waals surface area contributed by atoms with Crippen LogP contribution in [-0.2, 0) is 11.2 Å². The van der Waals surface area contributed by atoms with E-state index in [0.29, 0.717) is 5.92 Å². The summed E-state index contributed by atoms with van der Waals surface area (Å²) in [6.07, 6.45) is 17.0. The lowest BCUT2D eigenvalue weighted by Gasteiger charge is -2.37. The van der Waals surface area contributed by atoms with E-state index in [1.54, 1.807) is 12.1 Å². The van der Waals surface area contributed by atoms with Gasteiger partial charge >= 0.3 is 5.97 Å². The number of rotatable bonds is 7. The maximum Gasteiger partial charge on any atom is 0.327 e. The highest BCUT2D eigenvalue weighted by Crippen LogP contribution is 2.42. The number of aliphatic carboxylic acids is 1. The Balaban J connectivity index is 1.33. The van der Waals surface area contributed by atoms with E-state index in [1.165, 1.54) is 69.4 Å². The van der Waals surface area contributed by atoms with E-state index < -0.39 is 5.97 Å². The summed E-state index contributed by atoms with van der Waals surface area (Å²) < 4.78 is 13.0. The lowest BCUT2D eigenvalue weighted by atomic mass is 9.68. The SMILES string of the molecule is O=C(O)/C=C/CC1CCC(C2CCC(CCc3ccc(F)cc3)CC2)CC1. The number of benzene rings is 1. The molecule has 2 saturated carbocycles. The Morgan fingerprint density at radius 2 is 1.48 bits per heavy atom. The fourth-order valence-corrected chi connectivity index (χ4v) is 5.23. The van der Waals surface area contributed by atoms with Crippen molar-refractivity contribution >= 4 is 5.97 Å². The Morgan fingerprint density at radius 3 is 2.04 bits per heavy atom. The van der Waals surface area contributed by atoms with Crippen LogP contribution in [0, 0.1) is 29.5 Å². The summed E-state index contributed by atoms with van der Waals surface area (Å²) in [7, 11) is 0. The fraction of sp³-hybridized carbons (Fsp3) is 0.625. The molecule has 2 aliphatic rings. The van der Waals surface area contributed by atoms with Crippen molar-refractivity contribution in [3.8, 4) is 0 Å². The van der Waals surface area contributed by atoms with Crippen LogP contribution in [0.25, 0.3) is 0 Å². The first-order valence-corrected chi connectivity index (χ1v) is 10.7. The third-order valence-corrected chi connectivity index (χ3v) is 6.93. The molecule has 0 atom stereocenters. The van der Waals surface area contributed by atoms with E-state index >= 15 is 0 Å². The van der Waals surface area contributed by atoms with Gasteiger partial charge in [0.1, 0.15) is 5.82 Å². The number of hydrogen-bond donors (Lipinski definition) is 1. The molecule has 0 amide bonds. The second-order valence-corrected chi connectivity index (χ2v) is 8.70. The molecule has 1 N–H and O–H groups in total. The zero-order chi connectivity index (χ0) is 19.1. The van der Waals surface area contributed by atoms with Gasteiger partial charge in [-0.25, -0.2) is 9.18 Å². The first-order chi connectivity index (χ1) is 13.1. The normalized spacial score (nSPS) is 29.1. The van der Waals surface area contributed by atoms with Crippen molar-refractivity contribution in [2.75, 3.05) is 0 Å². The summed E-state index contributed by atoms with van der Waals surface area (Å²) >= 11 is 0. The minimum Gasteiger partial charge on any atom is -0.478 e. The van der Waals surface area contributed by atoms with Crippen molar-refractivity contribution in [2.45, 2.75) is 70.6 Å². The standard InChI is InChI=1S/C24H33FO2/c25-23-16-10-20(11-17-23)5-4-19-8-14-22(15-9-19)21-12-6-18(7-13-21)2-1-3-24(26)27/h1,3,10-11,16-19,21-22H,2,4-9,12-15H2,(H,26,27)/b3-1+. The molecule has 2 aliphatic carbocycles. The molecule has 1 aromatic carbocycles. The quantitative estimate of drug-likeness (QED) is 0.562. The van der Waals surface area contributed by atoms with Gasteiger partial charge in [-0.1, -0.05) is 31.1 Å². The molecular formula is C24H33FO2. The number of allylic oxidation sites excluding steroid dienone is 1. The number of halogens is 1. The third-order valence-electron chi connectivity index (χ3n) is 6.93. The van der Waals surface area contributed by atoms with E-state index in [1.807, 2.05) is 18.2 Å². The minimum absolute atomic E-state index is 0.146. The molecule has 0 unspecified atom stereocenters. The van der Waals surface area contributed by atoms with E-state index in [4.69, 9.17) is 5.11 Å². The third kappa shape index (κ3) is 6.48. The van der Waals surface area contributed by atoms with Crippen LogP contribution in [0.5, 0.6) is 0 Å². The van der Waals surface area contributed by atoms with Crippen LogP contribution < -0.4 is 0 Å². The van der Waals surface area contributed by atoms with Gasteiger partial charge < -0.3 is 5.11 Å². The molecule has 0 heterocycles. The number of carbonyl (C=O) groups is 1. The van der Waals surface area contributed by atoms with Crippen molar-refractivity contribution in [1.29, 1.82) is 0 Å². The van der Waals surface area contributed by atoms with Crippen LogP contribution in [0.2, 0.25) is 0 Å². The molecule has 0 aromatic heterocycles. The molecule has 3 heteroatoms. The zero-order valence-electron chi connectivity index (χ0n) is 16.3. The predicted molar refractivity (Wildman–Crippen MR) is 107 cm³/mol. The monoisotopic (exact) mass is 372 g/mol. The van der Waals surface area contributed by atoms with Gasteiger partial charge in [0.15, 0.2) is 0 Å². The average molecular weight is 373 g/mol. The maximum atomic E-state index is 13.0. The molecule has 3 rings (SSSR count). The Bertz CT molecular complexity index is 606. The van der Waals surface area contributed by atoms with Gasteiger partial charge in [0.05, 0.1) is 0 Å². The smallest absolute Gasteiger partial charge is 0.327 e. The lowest BCUT2D eigenvalue weighted by Crippen LogP contribution is -2.26. The van der Waals surface area contributed by atoms with Gasteiger partial charge in [0.2, 0.25) is 0 Å². The predicted octanol–water partition coefficient (Wildman–Crippen LogP) is 6.40. The number of hydrogen-bond acceptors (Lipinski definition) is 1. The lowest BCUT2D eigenvalue weighted by molar-refractivity contribution is -0.131. The first-order valence-electron chi connectivity index (χ1n) is 10.7. The molecule has 0 spiro atoms. The van der Waals surface area contributed by atoms with Crippen molar-refractivity contribution in [2.24, 2.45) is 23.7 Å². The second kappa shape index (κ2) is 10.1. The van der Waals surface area contributed by atoms with Crippen LogP contribution in [0.3, 0.4) is 0 Å². The summed E-state index contributed by atoms with van der Waals surface area (Å²) in [5.41, 5.74) is 1.26. The van der Waals surface area contributed by atoms with Gasteiger partial charge in [0, 0.05) is 6.08 Å². The average Bonchev–Trinajstić information content (AvgIpc) is 2.68. The van der Waals surface area contributed by atoms with Crippen LogP contribution in [0.15, 0.2) is 36.4 Å². The van der Waals surface area contributed by atoms with Crippen molar-refractivity contribution < 1.29 is 14.3 Å². The summed E-state index contributed by atoms with van der Waals surface area (Å²) in [5.74, 6) is 2.34. The molecule has 1 aromatic rings. The Kier molecular flexibility index (Phi) is 7.49. The van der Waals surface area contributed by atoms with Gasteiger partial charge in [-0.3, -0.25) is 0 Å². The summed E-state index contributed by atoms with van der Waals surface area (Å²) in [6.45, 7) is 0. The molecule has 0 radical (unpaired) electrons. The fourth-order valence-electron chi connectivity index (χ4n) is 5.23. The topological polar surface area (TPSA) is 37.3 Å². The zero-order valence-corrected chi connectivity index (χ0v) is 16.3. The molecule has 2 nitrogen and oxygen atoms in total. The molecular weight excluding hydrogens is 339 g/mol. The van der Waals surface area contributed by atoms with Crippen LogP contribution >= 0.6 is 0 Å². The van der Waals surface area contributed by atoms with Gasteiger partial charge in [-0.15, -0.1) is 0 Å². The van der Waals surface area contributed by atoms with Crippen LogP contribution in [0.4, 0.5) is 4.39 Å². The second-order valence-electron chi connectivity index (χ2n) is 8.70. The van der Waals surface area contributed by atoms with Gasteiger partial charge in [-0.05, 0) is 99.2 Å². The maximum absolute atomic E-state index is 13.0. The van der Waals surface area contributed by atoms with E-state index in [9.17, 15) is 9.18 Å². The van der Waals surface area contributed by atoms with Crippen LogP contribution in [0.1, 0.15) is 69.8 Å². The van der Waals surface area contributed by atoms with Gasteiger partial charge in [-0.2, -0.15) is 0 Å². The summed E-state index contributed by atoms with van der Waals surface area (Å²) in [6, 6.07) is 6.98. The molecule has 148 valence electrons.